The van der Waals surface area contributed by atoms with Crippen molar-refractivity contribution in [1.82, 2.24) is 0 Å². The first-order chi connectivity index (χ1) is 9.75. The lowest BCUT2D eigenvalue weighted by atomic mass is 9.74. The molecule has 1 fully saturated rings. The molecule has 0 spiro atoms. The van der Waals surface area contributed by atoms with Crippen LogP contribution in [0.5, 0.6) is 0 Å². The first-order valence-electron chi connectivity index (χ1n) is 7.95. The molecule has 0 aromatic heterocycles. The average molecular weight is 268 g/mol. The topological polar surface area (TPSA) is 24.7 Å². The maximum atomic E-state index is 4.57. The summed E-state index contributed by atoms with van der Waals surface area (Å²) in [5, 5.41) is 9.04. The van der Waals surface area contributed by atoms with Crippen LogP contribution < -0.4 is 0 Å². The number of rotatable bonds is 1. The first kappa shape index (κ1) is 13.5. The average Bonchev–Trinajstić information content (AvgIpc) is 2.41. The third kappa shape index (κ3) is 2.70. The summed E-state index contributed by atoms with van der Waals surface area (Å²) in [6.45, 7) is 4.29. The molecule has 1 aliphatic heterocycles. The summed E-state index contributed by atoms with van der Waals surface area (Å²) in [5.74, 6) is 1.19. The molecule has 0 amide bonds. The molecule has 0 radical (unpaired) electrons. The maximum Gasteiger partial charge on any atom is 0.0740 e. The number of nitrogens with zero attached hydrogens (tertiary/aromatic N) is 2. The molecule has 1 saturated carbocycles. The fourth-order valence-electron chi connectivity index (χ4n) is 3.59. The molecule has 0 N–H and O–H groups in total. The molecule has 1 aromatic rings. The van der Waals surface area contributed by atoms with Crippen molar-refractivity contribution in [2.75, 3.05) is 0 Å². The number of hydrogen-bond acceptors (Lipinski definition) is 2. The second kappa shape index (κ2) is 5.90. The van der Waals surface area contributed by atoms with Crippen molar-refractivity contribution in [3.05, 3.63) is 35.4 Å². The van der Waals surface area contributed by atoms with Gasteiger partial charge in [-0.25, -0.2) is 0 Å². The van der Waals surface area contributed by atoms with Crippen molar-refractivity contribution < 1.29 is 0 Å². The molecule has 2 aliphatic rings. The zero-order valence-corrected chi connectivity index (χ0v) is 12.6. The van der Waals surface area contributed by atoms with E-state index in [1.165, 1.54) is 61.1 Å². The molecule has 2 heteroatoms. The smallest absolute Gasteiger partial charge is 0.0740 e. The summed E-state index contributed by atoms with van der Waals surface area (Å²) in [6.07, 6.45) is 7.98. The van der Waals surface area contributed by atoms with E-state index in [1.807, 2.05) is 0 Å². The molecule has 2 unspecified atom stereocenters. The standard InChI is InChI=1S/C18H24N2/c1-13-9-11-15(12-10-13)18-17-8-6-4-3-5-7-16(17)14(2)19-20-18/h9-12,16-17H,3-8H2,1-2H3. The monoisotopic (exact) mass is 268 g/mol. The van der Waals surface area contributed by atoms with Crippen LogP contribution in [0, 0.1) is 18.8 Å². The van der Waals surface area contributed by atoms with E-state index in [0.717, 1.165) is 0 Å². The van der Waals surface area contributed by atoms with Crippen LogP contribution in [-0.2, 0) is 0 Å². The van der Waals surface area contributed by atoms with Crippen molar-refractivity contribution in [2.45, 2.75) is 52.4 Å². The second-order valence-corrected chi connectivity index (χ2v) is 6.30. The van der Waals surface area contributed by atoms with Gasteiger partial charge in [-0.15, -0.1) is 0 Å². The van der Waals surface area contributed by atoms with Gasteiger partial charge >= 0.3 is 0 Å². The van der Waals surface area contributed by atoms with E-state index in [1.54, 1.807) is 0 Å². The van der Waals surface area contributed by atoms with Crippen LogP contribution in [0.15, 0.2) is 34.5 Å². The van der Waals surface area contributed by atoms with Crippen LogP contribution in [0.4, 0.5) is 0 Å². The highest BCUT2D eigenvalue weighted by Crippen LogP contribution is 2.34. The van der Waals surface area contributed by atoms with E-state index < -0.39 is 0 Å². The molecular weight excluding hydrogens is 244 g/mol. The number of fused-ring (bicyclic) bond motifs is 1. The Balaban J connectivity index is 1.94. The van der Waals surface area contributed by atoms with E-state index in [2.05, 4.69) is 48.3 Å². The molecular formula is C18H24N2. The summed E-state index contributed by atoms with van der Waals surface area (Å²) < 4.78 is 0. The first-order valence-corrected chi connectivity index (χ1v) is 7.95. The van der Waals surface area contributed by atoms with Crippen LogP contribution >= 0.6 is 0 Å². The fraction of sp³-hybridized carbons (Fsp3) is 0.556. The highest BCUT2D eigenvalue weighted by molar-refractivity contribution is 6.06. The Morgan fingerprint density at radius 1 is 0.800 bits per heavy atom. The quantitative estimate of drug-likeness (QED) is 0.701. The van der Waals surface area contributed by atoms with Gasteiger partial charge in [0.25, 0.3) is 0 Å². The Labute approximate surface area is 122 Å². The molecule has 1 heterocycles. The van der Waals surface area contributed by atoms with Gasteiger partial charge in [-0.1, -0.05) is 55.5 Å². The predicted octanol–water partition coefficient (Wildman–Crippen LogP) is 4.76. The molecule has 2 nitrogen and oxygen atoms in total. The molecule has 1 aliphatic carbocycles. The van der Waals surface area contributed by atoms with Gasteiger partial charge in [0.15, 0.2) is 0 Å². The number of aryl methyl sites for hydroxylation is 1. The van der Waals surface area contributed by atoms with Crippen molar-refractivity contribution in [3.8, 4) is 0 Å². The predicted molar refractivity (Wildman–Crippen MR) is 85.5 cm³/mol. The lowest BCUT2D eigenvalue weighted by Crippen LogP contribution is -2.33. The van der Waals surface area contributed by atoms with Crippen molar-refractivity contribution in [2.24, 2.45) is 22.0 Å². The minimum Gasteiger partial charge on any atom is -0.160 e. The third-order valence-corrected chi connectivity index (χ3v) is 4.82. The van der Waals surface area contributed by atoms with E-state index >= 15 is 0 Å². The van der Waals surface area contributed by atoms with Gasteiger partial charge < -0.3 is 0 Å². The number of hydrogen-bond donors (Lipinski definition) is 0. The highest BCUT2D eigenvalue weighted by Gasteiger charge is 2.32. The van der Waals surface area contributed by atoms with Gasteiger partial charge in [0, 0.05) is 17.5 Å². The SMILES string of the molecule is CC1=NN=C(c2ccc(C)cc2)C2CCCCCCC12. The van der Waals surface area contributed by atoms with Gasteiger partial charge in [0.05, 0.1) is 5.71 Å². The number of benzene rings is 1. The van der Waals surface area contributed by atoms with Crippen LogP contribution in [0.25, 0.3) is 0 Å². The molecule has 2 atom stereocenters. The third-order valence-electron chi connectivity index (χ3n) is 4.82. The van der Waals surface area contributed by atoms with Crippen LogP contribution in [0.3, 0.4) is 0 Å². The largest absolute Gasteiger partial charge is 0.160 e. The summed E-state index contributed by atoms with van der Waals surface area (Å²) in [6, 6.07) is 8.78. The zero-order valence-electron chi connectivity index (χ0n) is 12.6. The molecule has 1 aromatic carbocycles. The Hall–Kier alpha value is -1.44. The van der Waals surface area contributed by atoms with Gasteiger partial charge in [-0.05, 0) is 32.3 Å². The van der Waals surface area contributed by atoms with Gasteiger partial charge in [-0.2, -0.15) is 10.2 Å². The summed E-state index contributed by atoms with van der Waals surface area (Å²) in [5.41, 5.74) is 5.04. The Kier molecular flexibility index (Phi) is 4.00. The fourth-order valence-corrected chi connectivity index (χ4v) is 3.59. The summed E-state index contributed by atoms with van der Waals surface area (Å²) >= 11 is 0. The normalized spacial score (nSPS) is 26.9. The summed E-state index contributed by atoms with van der Waals surface area (Å²) in [7, 11) is 0. The maximum absolute atomic E-state index is 4.57. The van der Waals surface area contributed by atoms with E-state index in [-0.39, 0.29) is 0 Å². The lowest BCUT2D eigenvalue weighted by molar-refractivity contribution is 0.390. The minimum atomic E-state index is 0.579. The van der Waals surface area contributed by atoms with Crippen molar-refractivity contribution in [1.29, 1.82) is 0 Å². The van der Waals surface area contributed by atoms with E-state index in [4.69, 9.17) is 0 Å². The van der Waals surface area contributed by atoms with Crippen molar-refractivity contribution in [3.63, 3.8) is 0 Å². The molecule has 3 rings (SSSR count). The van der Waals surface area contributed by atoms with Crippen molar-refractivity contribution >= 4 is 11.4 Å². The molecule has 106 valence electrons. The van der Waals surface area contributed by atoms with Gasteiger partial charge in [0.2, 0.25) is 0 Å². The van der Waals surface area contributed by atoms with Gasteiger partial charge in [-0.3, -0.25) is 0 Å². The summed E-state index contributed by atoms with van der Waals surface area (Å²) in [4.78, 5) is 0. The Morgan fingerprint density at radius 2 is 1.45 bits per heavy atom. The van der Waals surface area contributed by atoms with Crippen LogP contribution in [0.2, 0.25) is 0 Å². The second-order valence-electron chi connectivity index (χ2n) is 6.30. The minimum absolute atomic E-state index is 0.579. The van der Waals surface area contributed by atoms with E-state index in [9.17, 15) is 0 Å². The van der Waals surface area contributed by atoms with Gasteiger partial charge in [0.1, 0.15) is 0 Å². The lowest BCUT2D eigenvalue weighted by Gasteiger charge is -2.32. The Morgan fingerprint density at radius 3 is 2.15 bits per heavy atom. The highest BCUT2D eigenvalue weighted by atomic mass is 15.2. The Bertz CT molecular complexity index is 525. The molecule has 20 heavy (non-hydrogen) atoms. The van der Waals surface area contributed by atoms with Crippen LogP contribution in [-0.4, -0.2) is 11.4 Å². The van der Waals surface area contributed by atoms with Crippen LogP contribution in [0.1, 0.15) is 56.6 Å². The van der Waals surface area contributed by atoms with E-state index in [0.29, 0.717) is 11.8 Å². The molecule has 0 bridgehead atoms. The molecule has 0 saturated heterocycles. The zero-order chi connectivity index (χ0) is 13.9.